The Balaban J connectivity index is 2.18. The molecule has 0 saturated heterocycles. The van der Waals surface area contributed by atoms with Gasteiger partial charge in [0.25, 0.3) is 5.91 Å². The van der Waals surface area contributed by atoms with E-state index in [1.165, 1.54) is 0 Å². The van der Waals surface area contributed by atoms with Crippen molar-refractivity contribution in [2.24, 2.45) is 5.73 Å². The Bertz CT molecular complexity index is 710. The second-order valence-electron chi connectivity index (χ2n) is 4.72. The number of rotatable bonds is 3. The fraction of sp³-hybridized carbons (Fsp3) is 0. The molecule has 0 spiro atoms. The Morgan fingerprint density at radius 2 is 1.33 bits per heavy atom. The maximum atomic E-state index is 11.5. The molecule has 0 atom stereocenters. The van der Waals surface area contributed by atoms with Crippen molar-refractivity contribution in [1.29, 1.82) is 0 Å². The Morgan fingerprint density at radius 1 is 0.762 bits per heavy atom. The maximum Gasteiger partial charge on any atom is 0.267 e. The lowest BCUT2D eigenvalue weighted by Crippen LogP contribution is -2.13. The first kappa shape index (κ1) is 13.1. The first-order valence-electron chi connectivity index (χ1n) is 6.67. The first-order chi connectivity index (χ1) is 10.2. The molecule has 3 aromatic rings. The summed E-state index contributed by atoms with van der Waals surface area (Å²) in [7, 11) is 0. The van der Waals surface area contributed by atoms with Crippen molar-refractivity contribution in [2.75, 3.05) is 0 Å². The van der Waals surface area contributed by atoms with E-state index in [0.29, 0.717) is 0 Å². The fourth-order valence-electron chi connectivity index (χ4n) is 2.21. The van der Waals surface area contributed by atoms with Crippen LogP contribution in [0.4, 0.5) is 0 Å². The van der Waals surface area contributed by atoms with Crippen LogP contribution < -0.4 is 5.73 Å². The van der Waals surface area contributed by atoms with Crippen molar-refractivity contribution in [2.45, 2.75) is 0 Å². The van der Waals surface area contributed by atoms with Gasteiger partial charge in [-0.25, -0.2) is 4.98 Å². The van der Waals surface area contributed by atoms with E-state index in [1.54, 1.807) is 6.07 Å². The molecule has 2 aromatic carbocycles. The molecule has 1 heterocycles. The summed E-state index contributed by atoms with van der Waals surface area (Å²) in [6.45, 7) is 0. The number of nitrogens with zero attached hydrogens (tertiary/aromatic N) is 1. The summed E-state index contributed by atoms with van der Waals surface area (Å²) in [5, 5.41) is 0. The second kappa shape index (κ2) is 5.59. The number of carbonyl (C=O) groups excluding carboxylic acids is 1. The third kappa shape index (κ3) is 2.82. The minimum atomic E-state index is -0.523. The molecule has 0 unspecified atom stereocenters. The molecular weight excluding hydrogens is 260 g/mol. The summed E-state index contributed by atoms with van der Waals surface area (Å²) in [6, 6.07) is 23.3. The highest BCUT2D eigenvalue weighted by atomic mass is 16.1. The van der Waals surface area contributed by atoms with Gasteiger partial charge in [0.15, 0.2) is 0 Å². The van der Waals surface area contributed by atoms with Gasteiger partial charge in [-0.05, 0) is 23.3 Å². The van der Waals surface area contributed by atoms with E-state index in [9.17, 15) is 4.79 Å². The molecule has 0 aliphatic heterocycles. The highest BCUT2D eigenvalue weighted by Gasteiger charge is 2.09. The number of carbonyl (C=O) groups is 1. The number of hydrogen-bond acceptors (Lipinski definition) is 2. The summed E-state index contributed by atoms with van der Waals surface area (Å²) in [6.07, 6.45) is 0. The predicted octanol–water partition coefficient (Wildman–Crippen LogP) is 3.51. The van der Waals surface area contributed by atoms with E-state index in [4.69, 9.17) is 5.73 Å². The molecule has 0 aliphatic rings. The SMILES string of the molecule is NC(=O)c1cc(-c2ccccc2)cc(-c2ccccc2)n1. The van der Waals surface area contributed by atoms with E-state index in [-0.39, 0.29) is 5.69 Å². The molecule has 0 bridgehead atoms. The van der Waals surface area contributed by atoms with Gasteiger partial charge in [-0.1, -0.05) is 60.7 Å². The lowest BCUT2D eigenvalue weighted by atomic mass is 10.0. The molecule has 1 amide bonds. The second-order valence-corrected chi connectivity index (χ2v) is 4.72. The average molecular weight is 274 g/mol. The lowest BCUT2D eigenvalue weighted by molar-refractivity contribution is 0.0995. The number of nitrogens with two attached hydrogens (primary N) is 1. The summed E-state index contributed by atoms with van der Waals surface area (Å²) in [5.41, 5.74) is 9.33. The first-order valence-corrected chi connectivity index (χ1v) is 6.67. The van der Waals surface area contributed by atoms with Gasteiger partial charge in [0.05, 0.1) is 5.69 Å². The minimum absolute atomic E-state index is 0.273. The zero-order valence-electron chi connectivity index (χ0n) is 11.4. The van der Waals surface area contributed by atoms with Gasteiger partial charge in [0.1, 0.15) is 5.69 Å². The molecule has 0 saturated carbocycles. The van der Waals surface area contributed by atoms with Crippen LogP contribution in [0, 0.1) is 0 Å². The van der Waals surface area contributed by atoms with Crippen LogP contribution >= 0.6 is 0 Å². The van der Waals surface area contributed by atoms with Crippen LogP contribution in [0.1, 0.15) is 10.5 Å². The van der Waals surface area contributed by atoms with Gasteiger partial charge in [0.2, 0.25) is 0 Å². The van der Waals surface area contributed by atoms with Gasteiger partial charge in [-0.2, -0.15) is 0 Å². The Kier molecular flexibility index (Phi) is 3.48. The number of benzene rings is 2. The van der Waals surface area contributed by atoms with E-state index in [2.05, 4.69) is 4.98 Å². The van der Waals surface area contributed by atoms with Crippen molar-refractivity contribution >= 4 is 5.91 Å². The van der Waals surface area contributed by atoms with Gasteiger partial charge in [0, 0.05) is 5.56 Å². The van der Waals surface area contributed by atoms with Crippen LogP contribution in [0.25, 0.3) is 22.4 Å². The van der Waals surface area contributed by atoms with Crippen LogP contribution in [0.3, 0.4) is 0 Å². The summed E-state index contributed by atoms with van der Waals surface area (Å²) < 4.78 is 0. The molecule has 21 heavy (non-hydrogen) atoms. The molecule has 3 nitrogen and oxygen atoms in total. The largest absolute Gasteiger partial charge is 0.364 e. The van der Waals surface area contributed by atoms with E-state index in [0.717, 1.165) is 22.4 Å². The van der Waals surface area contributed by atoms with Crippen LogP contribution in [-0.4, -0.2) is 10.9 Å². The maximum absolute atomic E-state index is 11.5. The quantitative estimate of drug-likeness (QED) is 0.794. The number of aromatic nitrogens is 1. The van der Waals surface area contributed by atoms with Crippen LogP contribution in [-0.2, 0) is 0 Å². The zero-order chi connectivity index (χ0) is 14.7. The summed E-state index contributed by atoms with van der Waals surface area (Å²) in [5.74, 6) is -0.523. The molecule has 0 aliphatic carbocycles. The number of amides is 1. The van der Waals surface area contributed by atoms with Crippen LogP contribution in [0.15, 0.2) is 72.8 Å². The van der Waals surface area contributed by atoms with Gasteiger partial charge in [-0.15, -0.1) is 0 Å². The molecule has 0 fully saturated rings. The average Bonchev–Trinajstić information content (AvgIpc) is 2.56. The Hall–Kier alpha value is -2.94. The third-order valence-corrected chi connectivity index (χ3v) is 3.25. The van der Waals surface area contributed by atoms with Gasteiger partial charge < -0.3 is 5.73 Å². The number of pyridine rings is 1. The van der Waals surface area contributed by atoms with E-state index in [1.807, 2.05) is 66.7 Å². The number of hydrogen-bond donors (Lipinski definition) is 1. The Morgan fingerprint density at radius 3 is 1.90 bits per heavy atom. The molecule has 1 aromatic heterocycles. The van der Waals surface area contributed by atoms with Crippen molar-refractivity contribution in [1.82, 2.24) is 4.98 Å². The van der Waals surface area contributed by atoms with E-state index < -0.39 is 5.91 Å². The van der Waals surface area contributed by atoms with Crippen LogP contribution in [0.5, 0.6) is 0 Å². The highest BCUT2D eigenvalue weighted by molar-refractivity contribution is 5.93. The third-order valence-electron chi connectivity index (χ3n) is 3.25. The standard InChI is InChI=1S/C18H14N2O/c19-18(21)17-12-15(13-7-3-1-4-8-13)11-16(20-17)14-9-5-2-6-10-14/h1-12H,(H2,19,21). The molecule has 102 valence electrons. The smallest absolute Gasteiger partial charge is 0.267 e. The van der Waals surface area contributed by atoms with Crippen LogP contribution in [0.2, 0.25) is 0 Å². The summed E-state index contributed by atoms with van der Waals surface area (Å²) >= 11 is 0. The monoisotopic (exact) mass is 274 g/mol. The minimum Gasteiger partial charge on any atom is -0.364 e. The highest BCUT2D eigenvalue weighted by Crippen LogP contribution is 2.25. The predicted molar refractivity (Wildman–Crippen MR) is 83.6 cm³/mol. The topological polar surface area (TPSA) is 56.0 Å². The fourth-order valence-corrected chi connectivity index (χ4v) is 2.21. The van der Waals surface area contributed by atoms with Gasteiger partial charge in [-0.3, -0.25) is 4.79 Å². The van der Waals surface area contributed by atoms with Crippen molar-refractivity contribution < 1.29 is 4.79 Å². The molecule has 2 N–H and O–H groups in total. The van der Waals surface area contributed by atoms with Crippen molar-refractivity contribution in [3.8, 4) is 22.4 Å². The molecular formula is C18H14N2O. The molecule has 0 radical (unpaired) electrons. The molecule has 3 rings (SSSR count). The Labute approximate surface area is 123 Å². The van der Waals surface area contributed by atoms with Crippen molar-refractivity contribution in [3.63, 3.8) is 0 Å². The zero-order valence-corrected chi connectivity index (χ0v) is 11.4. The normalized spacial score (nSPS) is 10.3. The number of primary amides is 1. The van der Waals surface area contributed by atoms with E-state index >= 15 is 0 Å². The molecule has 3 heteroatoms. The van der Waals surface area contributed by atoms with Crippen molar-refractivity contribution in [3.05, 3.63) is 78.5 Å². The van der Waals surface area contributed by atoms with Gasteiger partial charge >= 0.3 is 0 Å². The summed E-state index contributed by atoms with van der Waals surface area (Å²) in [4.78, 5) is 15.9. The lowest BCUT2D eigenvalue weighted by Gasteiger charge is -2.08.